The van der Waals surface area contributed by atoms with E-state index >= 15 is 0 Å². The van der Waals surface area contributed by atoms with Gasteiger partial charge in [-0.2, -0.15) is 0 Å². The Hall–Kier alpha value is -2.03. The van der Waals surface area contributed by atoms with Crippen LogP contribution in [0.3, 0.4) is 0 Å². The molecule has 0 aliphatic carbocycles. The fourth-order valence-corrected chi connectivity index (χ4v) is 1.10. The summed E-state index contributed by atoms with van der Waals surface area (Å²) in [6.45, 7) is 1.71. The van der Waals surface area contributed by atoms with Crippen LogP contribution >= 0.6 is 0 Å². The van der Waals surface area contributed by atoms with Crippen molar-refractivity contribution >= 4 is 5.97 Å². The Bertz CT molecular complexity index is 503. The summed E-state index contributed by atoms with van der Waals surface area (Å²) in [7, 11) is 0. The van der Waals surface area contributed by atoms with E-state index in [0.29, 0.717) is 0 Å². The van der Waals surface area contributed by atoms with Crippen molar-refractivity contribution in [3.8, 4) is 11.8 Å². The fourth-order valence-electron chi connectivity index (χ4n) is 1.10. The van der Waals surface area contributed by atoms with Gasteiger partial charge in [-0.1, -0.05) is 11.8 Å². The van der Waals surface area contributed by atoms with E-state index in [1.54, 1.807) is 6.92 Å². The molecule has 0 radical (unpaired) electrons. The summed E-state index contributed by atoms with van der Waals surface area (Å²) >= 11 is 0. The number of hydrogen-bond acceptors (Lipinski definition) is 2. The van der Waals surface area contributed by atoms with E-state index in [1.165, 1.54) is 0 Å². The largest absolute Gasteiger partial charge is 0.465 e. The second-order valence-corrected chi connectivity index (χ2v) is 3.13. The van der Waals surface area contributed by atoms with E-state index in [9.17, 15) is 22.4 Å². The van der Waals surface area contributed by atoms with Gasteiger partial charge in [-0.3, -0.25) is 4.79 Å². The van der Waals surface area contributed by atoms with Crippen LogP contribution in [0.5, 0.6) is 0 Å². The average molecular weight is 260 g/mol. The molecule has 96 valence electrons. The summed E-state index contributed by atoms with van der Waals surface area (Å²) in [5, 5.41) is 0. The Morgan fingerprint density at radius 2 is 1.78 bits per heavy atom. The number of carbonyl (C=O) groups excluding carboxylic acids is 1. The van der Waals surface area contributed by atoms with Crippen molar-refractivity contribution in [1.82, 2.24) is 0 Å². The van der Waals surface area contributed by atoms with Crippen LogP contribution in [-0.2, 0) is 9.53 Å². The molecule has 0 N–H and O–H groups in total. The molecule has 0 saturated heterocycles. The first kappa shape index (κ1) is 14.0. The predicted molar refractivity (Wildman–Crippen MR) is 54.4 cm³/mol. The Morgan fingerprint density at radius 3 is 2.28 bits per heavy atom. The molecule has 1 aromatic rings. The minimum Gasteiger partial charge on any atom is -0.465 e. The Kier molecular flexibility index (Phi) is 4.72. The summed E-state index contributed by atoms with van der Waals surface area (Å²) in [5.41, 5.74) is -1.04. The molecule has 0 bridgehead atoms. The number of ether oxygens (including phenoxy) is 1. The topological polar surface area (TPSA) is 26.3 Å². The highest BCUT2D eigenvalue weighted by Gasteiger charge is 2.17. The second kappa shape index (κ2) is 6.05. The molecule has 0 aromatic heterocycles. The van der Waals surface area contributed by atoms with E-state index < -0.39 is 41.2 Å². The van der Waals surface area contributed by atoms with Gasteiger partial charge in [0.15, 0.2) is 23.3 Å². The molecule has 6 heteroatoms. The highest BCUT2D eigenvalue weighted by atomic mass is 19.2. The van der Waals surface area contributed by atoms with Gasteiger partial charge in [0.2, 0.25) is 0 Å². The number of benzene rings is 1. The zero-order valence-corrected chi connectivity index (χ0v) is 9.32. The van der Waals surface area contributed by atoms with E-state index in [2.05, 4.69) is 10.7 Å². The van der Waals surface area contributed by atoms with E-state index in [4.69, 9.17) is 0 Å². The Labute approximate surface area is 101 Å². The fraction of sp³-hybridized carbons (Fsp3) is 0.250. The molecule has 0 spiro atoms. The van der Waals surface area contributed by atoms with E-state index in [0.717, 1.165) is 0 Å². The van der Waals surface area contributed by atoms with Crippen molar-refractivity contribution < 1.29 is 27.1 Å². The molecule has 0 aliphatic rings. The summed E-state index contributed by atoms with van der Waals surface area (Å²) in [5.74, 6) is -3.01. The minimum absolute atomic E-state index is 0.0845. The molecule has 18 heavy (non-hydrogen) atoms. The van der Waals surface area contributed by atoms with Crippen molar-refractivity contribution in [3.63, 3.8) is 0 Å². The second-order valence-electron chi connectivity index (χ2n) is 3.13. The third-order valence-electron chi connectivity index (χ3n) is 1.86. The van der Waals surface area contributed by atoms with Crippen LogP contribution in [0, 0.1) is 35.1 Å². The van der Waals surface area contributed by atoms with Gasteiger partial charge in [0.25, 0.3) is 0 Å². The van der Waals surface area contributed by atoms with Crippen LogP contribution in [0.15, 0.2) is 6.07 Å². The number of hydrogen-bond donors (Lipinski definition) is 0. The lowest BCUT2D eigenvalue weighted by atomic mass is 10.2. The summed E-state index contributed by atoms with van der Waals surface area (Å²) in [4.78, 5) is 10.9. The van der Waals surface area contributed by atoms with Crippen molar-refractivity contribution in [2.45, 2.75) is 13.3 Å². The normalized spacial score (nSPS) is 9.61. The number of rotatable bonds is 2. The molecule has 0 fully saturated rings. The molecule has 0 saturated carbocycles. The lowest BCUT2D eigenvalue weighted by Crippen LogP contribution is -2.02. The molecule has 1 rings (SSSR count). The smallest absolute Gasteiger partial charge is 0.317 e. The number of carbonyl (C=O) groups is 1. The molecule has 0 aliphatic heterocycles. The van der Waals surface area contributed by atoms with Crippen LogP contribution in [0.2, 0.25) is 0 Å². The molecular weight excluding hydrogens is 252 g/mol. The van der Waals surface area contributed by atoms with Crippen LogP contribution in [0.1, 0.15) is 18.9 Å². The molecule has 2 nitrogen and oxygen atoms in total. The van der Waals surface area contributed by atoms with Crippen LogP contribution in [0.4, 0.5) is 17.6 Å². The van der Waals surface area contributed by atoms with Crippen LogP contribution in [-0.4, -0.2) is 12.6 Å². The lowest BCUT2D eigenvalue weighted by Gasteiger charge is -2.00. The van der Waals surface area contributed by atoms with Crippen molar-refractivity contribution in [2.75, 3.05) is 6.61 Å². The first-order valence-corrected chi connectivity index (χ1v) is 4.94. The maximum Gasteiger partial charge on any atom is 0.317 e. The number of esters is 1. The van der Waals surface area contributed by atoms with E-state index in [-0.39, 0.29) is 12.7 Å². The molecule has 1 aromatic carbocycles. The summed E-state index contributed by atoms with van der Waals surface area (Å²) in [6, 6.07) is 0.0845. The monoisotopic (exact) mass is 260 g/mol. The highest BCUT2D eigenvalue weighted by molar-refractivity contribution is 5.72. The molecule has 0 heterocycles. The van der Waals surface area contributed by atoms with Gasteiger partial charge in [0, 0.05) is 6.07 Å². The minimum atomic E-state index is -1.59. The van der Waals surface area contributed by atoms with Crippen LogP contribution < -0.4 is 0 Å². The third kappa shape index (κ3) is 3.23. The molecule has 0 unspecified atom stereocenters. The van der Waals surface area contributed by atoms with Crippen molar-refractivity contribution in [1.29, 1.82) is 0 Å². The summed E-state index contributed by atoms with van der Waals surface area (Å²) in [6.07, 6.45) is -0.426. The zero-order valence-electron chi connectivity index (χ0n) is 9.32. The number of halogens is 4. The molecular formula is C12H8F4O2. The van der Waals surface area contributed by atoms with Gasteiger partial charge in [-0.05, 0) is 6.92 Å². The van der Waals surface area contributed by atoms with Gasteiger partial charge in [0.1, 0.15) is 12.0 Å². The van der Waals surface area contributed by atoms with Gasteiger partial charge < -0.3 is 4.74 Å². The standard InChI is InChI=1S/C12H8F4O2/c1-2-18-10(17)5-3-4-7-11(15)8(13)6-9(14)12(7)16/h6H,2,5H2,1H3. The van der Waals surface area contributed by atoms with Crippen molar-refractivity contribution in [2.24, 2.45) is 0 Å². The van der Waals surface area contributed by atoms with Crippen LogP contribution in [0.25, 0.3) is 0 Å². The SMILES string of the molecule is CCOC(=O)CC#Cc1c(F)c(F)cc(F)c1F. The Morgan fingerprint density at radius 1 is 1.22 bits per heavy atom. The van der Waals surface area contributed by atoms with Gasteiger partial charge in [-0.15, -0.1) is 0 Å². The molecule has 0 atom stereocenters. The molecule has 0 amide bonds. The first-order chi connectivity index (χ1) is 8.47. The first-order valence-electron chi connectivity index (χ1n) is 4.94. The summed E-state index contributed by atoms with van der Waals surface area (Å²) < 4.78 is 56.3. The quantitative estimate of drug-likeness (QED) is 0.353. The van der Waals surface area contributed by atoms with Gasteiger partial charge in [0.05, 0.1) is 6.61 Å². The lowest BCUT2D eigenvalue weighted by molar-refractivity contribution is -0.141. The van der Waals surface area contributed by atoms with Gasteiger partial charge >= 0.3 is 5.97 Å². The Balaban J connectivity index is 2.98. The third-order valence-corrected chi connectivity index (χ3v) is 1.86. The average Bonchev–Trinajstić information content (AvgIpc) is 2.31. The predicted octanol–water partition coefficient (Wildman–Crippen LogP) is 2.55. The highest BCUT2D eigenvalue weighted by Crippen LogP contribution is 2.18. The van der Waals surface area contributed by atoms with E-state index in [1.807, 2.05) is 5.92 Å². The van der Waals surface area contributed by atoms with Gasteiger partial charge in [-0.25, -0.2) is 17.6 Å². The van der Waals surface area contributed by atoms with Crippen molar-refractivity contribution in [3.05, 3.63) is 34.9 Å². The maximum absolute atomic E-state index is 13.1. The zero-order chi connectivity index (χ0) is 13.7. The maximum atomic E-state index is 13.1.